The maximum absolute atomic E-state index is 12.4. The minimum absolute atomic E-state index is 0.0451. The van der Waals surface area contributed by atoms with Gasteiger partial charge in [0.15, 0.2) is 0 Å². The zero-order valence-corrected chi connectivity index (χ0v) is 14.7. The van der Waals surface area contributed by atoms with Crippen LogP contribution in [0.4, 0.5) is 0 Å². The van der Waals surface area contributed by atoms with E-state index in [1.807, 2.05) is 29.2 Å². The zero-order valence-electron chi connectivity index (χ0n) is 14.7. The highest BCUT2D eigenvalue weighted by atomic mass is 16.5. The summed E-state index contributed by atoms with van der Waals surface area (Å²) in [4.78, 5) is 26.3. The molecule has 1 N–H and O–H groups in total. The van der Waals surface area contributed by atoms with Gasteiger partial charge in [-0.05, 0) is 43.7 Å². The Hall–Kier alpha value is -2.04. The summed E-state index contributed by atoms with van der Waals surface area (Å²) in [6.45, 7) is 3.39. The fourth-order valence-electron chi connectivity index (χ4n) is 3.30. The molecule has 0 aromatic heterocycles. The molecule has 1 atom stereocenters. The van der Waals surface area contributed by atoms with Crippen LogP contribution in [0, 0.1) is 0 Å². The number of hydrogen-bond donors (Lipinski definition) is 1. The Labute approximate surface area is 144 Å². The maximum atomic E-state index is 12.4. The first-order valence-corrected chi connectivity index (χ1v) is 8.83. The summed E-state index contributed by atoms with van der Waals surface area (Å²) < 4.78 is 5.30. The number of para-hydroxylation sites is 1. The fraction of sp³-hybridized carbons (Fsp3) is 0.579. The molecular formula is C19H28N2O3. The molecule has 1 heterocycles. The summed E-state index contributed by atoms with van der Waals surface area (Å²) in [6.07, 6.45) is 4.86. The summed E-state index contributed by atoms with van der Waals surface area (Å²) in [5.41, 5.74) is 1.05. The van der Waals surface area contributed by atoms with E-state index in [4.69, 9.17) is 4.74 Å². The van der Waals surface area contributed by atoms with Gasteiger partial charge in [0.1, 0.15) is 12.2 Å². The van der Waals surface area contributed by atoms with Crippen LogP contribution in [0.5, 0.6) is 5.75 Å². The molecule has 1 fully saturated rings. The Balaban J connectivity index is 1.77. The van der Waals surface area contributed by atoms with E-state index in [-0.39, 0.29) is 18.2 Å². The molecule has 1 aliphatic rings. The zero-order chi connectivity index (χ0) is 17.4. The van der Waals surface area contributed by atoms with Gasteiger partial charge >= 0.3 is 0 Å². The number of nitrogens with one attached hydrogen (secondary N) is 1. The second-order valence-electron chi connectivity index (χ2n) is 6.23. The molecule has 1 aromatic carbocycles. The summed E-state index contributed by atoms with van der Waals surface area (Å²) in [6, 6.07) is 8.05. The monoisotopic (exact) mass is 332 g/mol. The van der Waals surface area contributed by atoms with Crippen LogP contribution in [0.15, 0.2) is 24.3 Å². The summed E-state index contributed by atoms with van der Waals surface area (Å²) >= 11 is 0. The van der Waals surface area contributed by atoms with Gasteiger partial charge in [0.05, 0.1) is 7.11 Å². The molecule has 0 saturated carbocycles. The predicted octanol–water partition coefficient (Wildman–Crippen LogP) is 2.54. The molecule has 1 saturated heterocycles. The van der Waals surface area contributed by atoms with E-state index < -0.39 is 0 Å². The normalized spacial score (nSPS) is 17.4. The molecule has 5 heteroatoms. The quantitative estimate of drug-likeness (QED) is 0.781. The first kappa shape index (κ1) is 18.3. The lowest BCUT2D eigenvalue weighted by atomic mass is 9.99. The third kappa shape index (κ3) is 4.98. The molecule has 2 rings (SSSR count). The van der Waals surface area contributed by atoms with Gasteiger partial charge in [-0.3, -0.25) is 9.59 Å². The minimum atomic E-state index is -0.199. The Bertz CT molecular complexity index is 559. The van der Waals surface area contributed by atoms with Crippen LogP contribution in [-0.2, 0) is 16.0 Å². The van der Waals surface area contributed by atoms with Crippen molar-refractivity contribution in [2.45, 2.75) is 51.5 Å². The highest BCUT2D eigenvalue weighted by Crippen LogP contribution is 2.20. The van der Waals surface area contributed by atoms with Crippen LogP contribution in [0.1, 0.15) is 44.6 Å². The summed E-state index contributed by atoms with van der Waals surface area (Å²) in [5, 5.41) is 2.84. The molecule has 0 bridgehead atoms. The van der Waals surface area contributed by atoms with Crippen molar-refractivity contribution in [3.05, 3.63) is 29.8 Å². The molecule has 1 aliphatic heterocycles. The van der Waals surface area contributed by atoms with Crippen LogP contribution in [0.2, 0.25) is 0 Å². The largest absolute Gasteiger partial charge is 0.496 e. The third-order valence-corrected chi connectivity index (χ3v) is 4.64. The molecule has 0 aliphatic carbocycles. The Morgan fingerprint density at radius 1 is 1.29 bits per heavy atom. The maximum Gasteiger partial charge on any atom is 0.232 e. The van der Waals surface area contributed by atoms with Crippen molar-refractivity contribution in [2.75, 3.05) is 20.2 Å². The standard InChI is InChI=1S/C19H28N2O3/c1-3-16-9-6-7-13-21(16)19(23)14-18(22)20-12-11-15-8-4-5-10-17(15)24-2/h4-5,8,10,16H,3,6-7,9,11-14H2,1-2H3,(H,20,22). The van der Waals surface area contributed by atoms with Crippen LogP contribution in [0.25, 0.3) is 0 Å². The molecular weight excluding hydrogens is 304 g/mol. The van der Waals surface area contributed by atoms with Crippen molar-refractivity contribution in [3.8, 4) is 5.75 Å². The molecule has 132 valence electrons. The summed E-state index contributed by atoms with van der Waals surface area (Å²) in [7, 11) is 1.64. The van der Waals surface area contributed by atoms with Crippen molar-refractivity contribution in [1.82, 2.24) is 10.2 Å². The Morgan fingerprint density at radius 2 is 2.08 bits per heavy atom. The van der Waals surface area contributed by atoms with Gasteiger partial charge < -0.3 is 15.0 Å². The number of ether oxygens (including phenoxy) is 1. The molecule has 5 nitrogen and oxygen atoms in total. The lowest BCUT2D eigenvalue weighted by molar-refractivity contribution is -0.139. The van der Waals surface area contributed by atoms with Crippen LogP contribution < -0.4 is 10.1 Å². The molecule has 0 radical (unpaired) electrons. The van der Waals surface area contributed by atoms with Gasteiger partial charge in [0, 0.05) is 19.1 Å². The van der Waals surface area contributed by atoms with Gasteiger partial charge in [-0.2, -0.15) is 0 Å². The Morgan fingerprint density at radius 3 is 2.83 bits per heavy atom. The van der Waals surface area contributed by atoms with E-state index in [0.29, 0.717) is 19.0 Å². The van der Waals surface area contributed by atoms with E-state index in [2.05, 4.69) is 12.2 Å². The van der Waals surface area contributed by atoms with E-state index in [0.717, 1.165) is 37.1 Å². The minimum Gasteiger partial charge on any atom is -0.496 e. The second kappa shape index (κ2) is 9.30. The molecule has 2 amide bonds. The first-order valence-electron chi connectivity index (χ1n) is 8.83. The van der Waals surface area contributed by atoms with Crippen molar-refractivity contribution in [3.63, 3.8) is 0 Å². The van der Waals surface area contributed by atoms with Crippen LogP contribution in [0.3, 0.4) is 0 Å². The topological polar surface area (TPSA) is 58.6 Å². The SMILES string of the molecule is CCC1CCCCN1C(=O)CC(=O)NCCc1ccccc1OC. The van der Waals surface area contributed by atoms with Crippen molar-refractivity contribution in [2.24, 2.45) is 0 Å². The summed E-state index contributed by atoms with van der Waals surface area (Å²) in [5.74, 6) is 0.577. The molecule has 1 unspecified atom stereocenters. The van der Waals surface area contributed by atoms with E-state index >= 15 is 0 Å². The fourth-order valence-corrected chi connectivity index (χ4v) is 3.30. The number of carbonyl (C=O) groups excluding carboxylic acids is 2. The predicted molar refractivity (Wildman–Crippen MR) is 94.0 cm³/mol. The van der Waals surface area contributed by atoms with Gasteiger partial charge in [0.25, 0.3) is 0 Å². The number of rotatable bonds is 7. The smallest absolute Gasteiger partial charge is 0.232 e. The number of likely N-dealkylation sites (tertiary alicyclic amines) is 1. The molecule has 24 heavy (non-hydrogen) atoms. The Kier molecular flexibility index (Phi) is 7.09. The lowest BCUT2D eigenvalue weighted by Gasteiger charge is -2.35. The second-order valence-corrected chi connectivity index (χ2v) is 6.23. The molecule has 1 aromatic rings. The highest BCUT2D eigenvalue weighted by Gasteiger charge is 2.26. The highest BCUT2D eigenvalue weighted by molar-refractivity contribution is 5.97. The van der Waals surface area contributed by atoms with Crippen molar-refractivity contribution >= 4 is 11.8 Å². The van der Waals surface area contributed by atoms with Crippen LogP contribution in [-0.4, -0.2) is 43.0 Å². The van der Waals surface area contributed by atoms with Crippen LogP contribution >= 0.6 is 0 Å². The number of amides is 2. The van der Waals surface area contributed by atoms with Gasteiger partial charge in [-0.15, -0.1) is 0 Å². The number of methoxy groups -OCH3 is 1. The number of piperidine rings is 1. The lowest BCUT2D eigenvalue weighted by Crippen LogP contribution is -2.45. The molecule has 0 spiro atoms. The third-order valence-electron chi connectivity index (χ3n) is 4.64. The van der Waals surface area contributed by atoms with E-state index in [1.54, 1.807) is 7.11 Å². The van der Waals surface area contributed by atoms with Crippen molar-refractivity contribution < 1.29 is 14.3 Å². The number of nitrogens with zero attached hydrogens (tertiary/aromatic N) is 1. The number of benzene rings is 1. The van der Waals surface area contributed by atoms with Gasteiger partial charge in [0.2, 0.25) is 11.8 Å². The number of carbonyl (C=O) groups is 2. The van der Waals surface area contributed by atoms with Gasteiger partial charge in [-0.1, -0.05) is 25.1 Å². The first-order chi connectivity index (χ1) is 11.7. The van der Waals surface area contributed by atoms with E-state index in [9.17, 15) is 9.59 Å². The average molecular weight is 332 g/mol. The van der Waals surface area contributed by atoms with E-state index in [1.165, 1.54) is 6.42 Å². The van der Waals surface area contributed by atoms with Crippen molar-refractivity contribution in [1.29, 1.82) is 0 Å². The van der Waals surface area contributed by atoms with Gasteiger partial charge in [-0.25, -0.2) is 0 Å². The number of hydrogen-bond acceptors (Lipinski definition) is 3. The average Bonchev–Trinajstić information content (AvgIpc) is 2.62.